The number of aromatic amines is 1. The lowest BCUT2D eigenvalue weighted by Crippen LogP contribution is -2.39. The monoisotopic (exact) mass is 270 g/mol. The van der Waals surface area contributed by atoms with Gasteiger partial charge in [0.2, 0.25) is 5.91 Å². The van der Waals surface area contributed by atoms with E-state index >= 15 is 0 Å². The third kappa shape index (κ3) is 2.33. The van der Waals surface area contributed by atoms with Crippen LogP contribution < -0.4 is 0 Å². The number of aryl methyl sites for hydroxylation is 1. The maximum absolute atomic E-state index is 12.6. The fourth-order valence-corrected chi connectivity index (χ4v) is 3.07. The summed E-state index contributed by atoms with van der Waals surface area (Å²) in [6.07, 6.45) is 2.83. The van der Waals surface area contributed by atoms with Crippen LogP contribution in [0.25, 0.3) is 10.9 Å². The molecule has 1 aromatic heterocycles. The Morgan fingerprint density at radius 3 is 2.70 bits per heavy atom. The lowest BCUT2D eigenvalue weighted by Gasteiger charge is -2.26. The summed E-state index contributed by atoms with van der Waals surface area (Å²) >= 11 is 0. The molecule has 20 heavy (non-hydrogen) atoms. The first-order valence-corrected chi connectivity index (χ1v) is 7.45. The van der Waals surface area contributed by atoms with Gasteiger partial charge in [0, 0.05) is 28.7 Å². The Morgan fingerprint density at radius 1 is 1.35 bits per heavy atom. The van der Waals surface area contributed by atoms with Gasteiger partial charge in [0.1, 0.15) is 0 Å². The normalized spacial score (nSPS) is 15.0. The second-order valence-electron chi connectivity index (χ2n) is 6.08. The van der Waals surface area contributed by atoms with Gasteiger partial charge in [-0.1, -0.05) is 18.2 Å². The molecule has 1 fully saturated rings. The molecule has 0 spiro atoms. The molecule has 3 rings (SSSR count). The zero-order valence-corrected chi connectivity index (χ0v) is 12.4. The zero-order chi connectivity index (χ0) is 14.3. The van der Waals surface area contributed by atoms with Crippen LogP contribution in [-0.4, -0.2) is 27.9 Å². The van der Waals surface area contributed by atoms with E-state index in [1.54, 1.807) is 0 Å². The van der Waals surface area contributed by atoms with Crippen LogP contribution >= 0.6 is 0 Å². The predicted octanol–water partition coefficient (Wildman–Crippen LogP) is 3.42. The summed E-state index contributed by atoms with van der Waals surface area (Å²) in [5.41, 5.74) is 3.38. The van der Waals surface area contributed by atoms with Gasteiger partial charge in [-0.3, -0.25) is 4.79 Å². The molecule has 1 aliphatic rings. The van der Waals surface area contributed by atoms with E-state index in [1.807, 2.05) is 12.1 Å². The van der Waals surface area contributed by atoms with E-state index in [-0.39, 0.29) is 5.91 Å². The van der Waals surface area contributed by atoms with Crippen molar-refractivity contribution in [1.29, 1.82) is 0 Å². The number of aromatic nitrogens is 1. The predicted molar refractivity (Wildman–Crippen MR) is 81.7 cm³/mol. The van der Waals surface area contributed by atoms with E-state index in [9.17, 15) is 4.79 Å². The minimum absolute atomic E-state index is 0.260. The van der Waals surface area contributed by atoms with Crippen LogP contribution in [0.15, 0.2) is 24.3 Å². The van der Waals surface area contributed by atoms with E-state index in [4.69, 9.17) is 0 Å². The number of hydrogen-bond donors (Lipinski definition) is 1. The molecule has 2 aromatic rings. The smallest absolute Gasteiger partial charge is 0.227 e. The highest BCUT2D eigenvalue weighted by molar-refractivity contribution is 5.90. The number of amides is 1. The molecule has 1 saturated carbocycles. The lowest BCUT2D eigenvalue weighted by molar-refractivity contribution is -0.132. The average Bonchev–Trinajstić information content (AvgIpc) is 3.16. The Kier molecular flexibility index (Phi) is 3.28. The van der Waals surface area contributed by atoms with E-state index in [0.29, 0.717) is 18.5 Å². The van der Waals surface area contributed by atoms with Gasteiger partial charge in [-0.2, -0.15) is 0 Å². The largest absolute Gasteiger partial charge is 0.358 e. The third-order valence-corrected chi connectivity index (χ3v) is 4.14. The number of hydrogen-bond acceptors (Lipinski definition) is 1. The quantitative estimate of drug-likeness (QED) is 0.908. The molecule has 0 unspecified atom stereocenters. The first-order valence-electron chi connectivity index (χ1n) is 7.45. The zero-order valence-electron chi connectivity index (χ0n) is 12.4. The Hall–Kier alpha value is -1.77. The van der Waals surface area contributed by atoms with E-state index in [2.05, 4.69) is 42.8 Å². The van der Waals surface area contributed by atoms with Crippen molar-refractivity contribution in [2.24, 2.45) is 0 Å². The molecule has 3 heteroatoms. The molecule has 0 bridgehead atoms. The van der Waals surface area contributed by atoms with Crippen molar-refractivity contribution in [2.45, 2.75) is 52.1 Å². The summed E-state index contributed by atoms with van der Waals surface area (Å²) < 4.78 is 0. The van der Waals surface area contributed by atoms with Crippen molar-refractivity contribution in [3.05, 3.63) is 35.5 Å². The highest BCUT2D eigenvalue weighted by Gasteiger charge is 2.34. The Morgan fingerprint density at radius 2 is 2.05 bits per heavy atom. The van der Waals surface area contributed by atoms with Gasteiger partial charge in [0.05, 0.1) is 6.42 Å². The molecule has 1 amide bonds. The van der Waals surface area contributed by atoms with Gasteiger partial charge in [-0.15, -0.1) is 0 Å². The van der Waals surface area contributed by atoms with Gasteiger partial charge in [0.15, 0.2) is 0 Å². The Bertz CT molecular complexity index is 635. The molecule has 1 N–H and O–H groups in total. The maximum Gasteiger partial charge on any atom is 0.227 e. The molecule has 0 aliphatic heterocycles. The van der Waals surface area contributed by atoms with Crippen molar-refractivity contribution in [1.82, 2.24) is 9.88 Å². The van der Waals surface area contributed by atoms with Crippen molar-refractivity contribution in [3.63, 3.8) is 0 Å². The van der Waals surface area contributed by atoms with Crippen LogP contribution in [0.2, 0.25) is 0 Å². The van der Waals surface area contributed by atoms with Crippen LogP contribution in [-0.2, 0) is 11.2 Å². The molecule has 3 nitrogen and oxygen atoms in total. The van der Waals surface area contributed by atoms with E-state index < -0.39 is 0 Å². The van der Waals surface area contributed by atoms with Gasteiger partial charge < -0.3 is 9.88 Å². The average molecular weight is 270 g/mol. The molecule has 106 valence electrons. The molecule has 1 heterocycles. The fourth-order valence-electron chi connectivity index (χ4n) is 3.07. The van der Waals surface area contributed by atoms with Gasteiger partial charge in [0.25, 0.3) is 0 Å². The molecule has 0 atom stereocenters. The Labute approximate surface area is 120 Å². The second kappa shape index (κ2) is 4.97. The maximum atomic E-state index is 12.6. The summed E-state index contributed by atoms with van der Waals surface area (Å²) in [6, 6.07) is 8.99. The number of nitrogens with zero attached hydrogens (tertiary/aromatic N) is 1. The number of nitrogens with one attached hydrogen (secondary N) is 1. The van der Waals surface area contributed by atoms with Gasteiger partial charge in [-0.05, 0) is 45.2 Å². The summed E-state index contributed by atoms with van der Waals surface area (Å²) in [5, 5.41) is 1.18. The van der Waals surface area contributed by atoms with Crippen LogP contribution in [0.4, 0.5) is 0 Å². The van der Waals surface area contributed by atoms with Crippen LogP contribution in [0.5, 0.6) is 0 Å². The fraction of sp³-hybridized carbons (Fsp3) is 0.471. The number of H-pyrrole nitrogens is 1. The summed E-state index contributed by atoms with van der Waals surface area (Å²) in [6.45, 7) is 6.27. The SMILES string of the molecule is Cc1[nH]c2ccccc2c1CC(=O)N(C(C)C)C1CC1. The number of fused-ring (bicyclic) bond motifs is 1. The minimum Gasteiger partial charge on any atom is -0.358 e. The highest BCUT2D eigenvalue weighted by atomic mass is 16.2. The number of benzene rings is 1. The van der Waals surface area contributed by atoms with Crippen LogP contribution in [0.1, 0.15) is 37.9 Å². The summed E-state index contributed by atoms with van der Waals surface area (Å²) in [4.78, 5) is 18.1. The number of rotatable bonds is 4. The molecule has 1 aliphatic carbocycles. The highest BCUT2D eigenvalue weighted by Crippen LogP contribution is 2.30. The second-order valence-corrected chi connectivity index (χ2v) is 6.08. The first-order chi connectivity index (χ1) is 9.58. The minimum atomic E-state index is 0.260. The molecular formula is C17H22N2O. The summed E-state index contributed by atoms with van der Waals surface area (Å²) in [5.74, 6) is 0.260. The van der Waals surface area contributed by atoms with Crippen LogP contribution in [0.3, 0.4) is 0 Å². The number of carbonyl (C=O) groups excluding carboxylic acids is 1. The summed E-state index contributed by atoms with van der Waals surface area (Å²) in [7, 11) is 0. The molecular weight excluding hydrogens is 248 g/mol. The Balaban J connectivity index is 1.88. The third-order valence-electron chi connectivity index (χ3n) is 4.14. The van der Waals surface area contributed by atoms with Crippen molar-refractivity contribution < 1.29 is 4.79 Å². The lowest BCUT2D eigenvalue weighted by atomic mass is 10.1. The standard InChI is InChI=1S/C17H22N2O/c1-11(2)19(13-8-9-13)17(20)10-15-12(3)18-16-7-5-4-6-14(15)16/h4-7,11,13,18H,8-10H2,1-3H3. The molecule has 0 saturated heterocycles. The molecule has 1 aromatic carbocycles. The first kappa shape index (κ1) is 13.2. The molecule has 0 radical (unpaired) electrons. The van der Waals surface area contributed by atoms with E-state index in [0.717, 1.165) is 29.6 Å². The topological polar surface area (TPSA) is 36.1 Å². The van der Waals surface area contributed by atoms with Gasteiger partial charge in [-0.25, -0.2) is 0 Å². The number of para-hydroxylation sites is 1. The number of carbonyl (C=O) groups is 1. The van der Waals surface area contributed by atoms with Gasteiger partial charge >= 0.3 is 0 Å². The van der Waals surface area contributed by atoms with Crippen molar-refractivity contribution in [2.75, 3.05) is 0 Å². The van der Waals surface area contributed by atoms with Crippen molar-refractivity contribution in [3.8, 4) is 0 Å². The van der Waals surface area contributed by atoms with Crippen LogP contribution in [0, 0.1) is 6.92 Å². The van der Waals surface area contributed by atoms with E-state index in [1.165, 1.54) is 5.39 Å². The van der Waals surface area contributed by atoms with Crippen molar-refractivity contribution >= 4 is 16.8 Å².